The van der Waals surface area contributed by atoms with Crippen molar-refractivity contribution < 1.29 is 44.6 Å². The third-order valence-corrected chi connectivity index (χ3v) is 6.44. The molecule has 8 unspecified atom stereocenters. The highest BCUT2D eigenvalue weighted by molar-refractivity contribution is 6.05. The summed E-state index contributed by atoms with van der Waals surface area (Å²) in [5, 5.41) is 48.0. The molecule has 2 fully saturated rings. The van der Waals surface area contributed by atoms with E-state index in [0.29, 0.717) is 12.0 Å². The normalized spacial score (nSPS) is 41.2. The number of ketones is 1. The predicted molar refractivity (Wildman–Crippen MR) is 93.8 cm³/mol. The van der Waals surface area contributed by atoms with Crippen molar-refractivity contribution >= 4 is 11.8 Å². The summed E-state index contributed by atoms with van der Waals surface area (Å²) in [5.74, 6) is -1.71. The lowest BCUT2D eigenvalue weighted by Gasteiger charge is -2.47. The Morgan fingerprint density at radius 3 is 2.68 bits per heavy atom. The van der Waals surface area contributed by atoms with Crippen LogP contribution in [0.3, 0.4) is 0 Å². The van der Waals surface area contributed by atoms with Gasteiger partial charge in [-0.3, -0.25) is 4.79 Å². The Labute approximate surface area is 161 Å². The third-order valence-electron chi connectivity index (χ3n) is 6.44. The van der Waals surface area contributed by atoms with Gasteiger partial charge in [-0.2, -0.15) is 0 Å². The summed E-state index contributed by atoms with van der Waals surface area (Å²) in [6.07, 6.45) is -4.72. The highest BCUT2D eigenvalue weighted by Crippen LogP contribution is 2.63. The summed E-state index contributed by atoms with van der Waals surface area (Å²) in [6, 6.07) is 0. The van der Waals surface area contributed by atoms with Gasteiger partial charge in [-0.05, 0) is 24.0 Å². The van der Waals surface area contributed by atoms with Crippen LogP contribution in [-0.4, -0.2) is 86.6 Å². The molecule has 28 heavy (non-hydrogen) atoms. The van der Waals surface area contributed by atoms with Crippen molar-refractivity contribution in [3.05, 3.63) is 23.8 Å². The number of hydrogen-bond acceptors (Lipinski definition) is 9. The quantitative estimate of drug-likeness (QED) is 0.198. The second-order valence-corrected chi connectivity index (χ2v) is 8.04. The maximum Gasteiger partial charge on any atom is 0.338 e. The molecule has 156 valence electrons. The van der Waals surface area contributed by atoms with E-state index in [1.807, 2.05) is 13.8 Å². The number of esters is 1. The monoisotopic (exact) mass is 398 g/mol. The van der Waals surface area contributed by atoms with Gasteiger partial charge in [-0.15, -0.1) is 0 Å². The second kappa shape index (κ2) is 7.01. The minimum Gasteiger partial charge on any atom is -0.459 e. The standard InChI is InChI=1S/C19H26O9/c1-8-4-11(21)14(24)10-5-13(23)19(17(28-19)18(8,10)3)9(2)7-27-16(26)15(25)12(22)6-20/h5,8,11-12,14-15,17,20-22,24-25H,2,4,6-7H2,1,3H3. The molecule has 3 rings (SSSR count). The van der Waals surface area contributed by atoms with Crippen molar-refractivity contribution in [2.24, 2.45) is 11.3 Å². The summed E-state index contributed by atoms with van der Waals surface area (Å²) in [5.41, 5.74) is -1.50. The van der Waals surface area contributed by atoms with E-state index < -0.39 is 66.5 Å². The Kier molecular flexibility index (Phi) is 5.28. The molecule has 1 saturated heterocycles. The van der Waals surface area contributed by atoms with Crippen LogP contribution in [0.1, 0.15) is 20.3 Å². The number of rotatable bonds is 6. The summed E-state index contributed by atoms with van der Waals surface area (Å²) in [4.78, 5) is 24.5. The van der Waals surface area contributed by atoms with Gasteiger partial charge in [-0.1, -0.05) is 20.4 Å². The van der Waals surface area contributed by atoms with Crippen molar-refractivity contribution in [3.8, 4) is 0 Å². The molecule has 2 aliphatic carbocycles. The van der Waals surface area contributed by atoms with Crippen LogP contribution < -0.4 is 0 Å². The van der Waals surface area contributed by atoms with E-state index in [0.717, 1.165) is 0 Å². The van der Waals surface area contributed by atoms with E-state index >= 15 is 0 Å². The van der Waals surface area contributed by atoms with Gasteiger partial charge in [0.1, 0.15) is 24.9 Å². The van der Waals surface area contributed by atoms with Gasteiger partial charge in [0.05, 0.1) is 12.7 Å². The van der Waals surface area contributed by atoms with Crippen molar-refractivity contribution in [3.63, 3.8) is 0 Å². The molecule has 3 aliphatic rings. The van der Waals surface area contributed by atoms with E-state index in [1.165, 1.54) is 6.08 Å². The van der Waals surface area contributed by atoms with E-state index in [1.54, 1.807) is 0 Å². The van der Waals surface area contributed by atoms with E-state index in [9.17, 15) is 30.0 Å². The molecule has 0 bridgehead atoms. The fraction of sp³-hybridized carbons (Fsp3) is 0.684. The van der Waals surface area contributed by atoms with Crippen LogP contribution in [0.15, 0.2) is 23.8 Å². The summed E-state index contributed by atoms with van der Waals surface area (Å²) >= 11 is 0. The summed E-state index contributed by atoms with van der Waals surface area (Å²) in [6.45, 7) is 6.33. The Balaban J connectivity index is 1.78. The highest BCUT2D eigenvalue weighted by atomic mass is 16.6. The minimum absolute atomic E-state index is 0.0889. The topological polar surface area (TPSA) is 157 Å². The molecule has 0 radical (unpaired) electrons. The van der Waals surface area contributed by atoms with Crippen LogP contribution in [-0.2, 0) is 19.1 Å². The number of aliphatic hydroxyl groups excluding tert-OH is 5. The Bertz CT molecular complexity index is 731. The molecule has 0 spiro atoms. The van der Waals surface area contributed by atoms with Gasteiger partial charge in [0.25, 0.3) is 0 Å². The second-order valence-electron chi connectivity index (χ2n) is 8.04. The maximum absolute atomic E-state index is 12.8. The van der Waals surface area contributed by atoms with Gasteiger partial charge in [0.2, 0.25) is 0 Å². The van der Waals surface area contributed by atoms with Crippen molar-refractivity contribution in [2.45, 2.75) is 56.4 Å². The zero-order valence-corrected chi connectivity index (χ0v) is 15.7. The zero-order valence-electron chi connectivity index (χ0n) is 15.7. The number of epoxide rings is 1. The number of carbonyl (C=O) groups excluding carboxylic acids is 2. The highest BCUT2D eigenvalue weighted by Gasteiger charge is 2.74. The fourth-order valence-corrected chi connectivity index (χ4v) is 4.38. The molecule has 1 saturated carbocycles. The Morgan fingerprint density at radius 1 is 1.43 bits per heavy atom. The molecular formula is C19H26O9. The average molecular weight is 398 g/mol. The van der Waals surface area contributed by atoms with Gasteiger partial charge in [-0.25, -0.2) is 4.79 Å². The van der Waals surface area contributed by atoms with Crippen LogP contribution in [0.25, 0.3) is 0 Å². The van der Waals surface area contributed by atoms with Gasteiger partial charge in [0, 0.05) is 11.0 Å². The first kappa shape index (κ1) is 21.1. The maximum atomic E-state index is 12.8. The first-order chi connectivity index (χ1) is 13.0. The Hall–Kier alpha value is -1.62. The lowest BCUT2D eigenvalue weighted by Crippen LogP contribution is -2.54. The van der Waals surface area contributed by atoms with Crippen molar-refractivity contribution in [1.29, 1.82) is 0 Å². The van der Waals surface area contributed by atoms with Crippen LogP contribution in [0, 0.1) is 11.3 Å². The fourth-order valence-electron chi connectivity index (χ4n) is 4.38. The average Bonchev–Trinajstić information content (AvgIpc) is 3.44. The molecule has 0 aromatic carbocycles. The molecule has 9 heteroatoms. The largest absolute Gasteiger partial charge is 0.459 e. The minimum atomic E-state index is -1.92. The van der Waals surface area contributed by atoms with Gasteiger partial charge in [0.15, 0.2) is 17.5 Å². The van der Waals surface area contributed by atoms with Crippen molar-refractivity contribution in [1.82, 2.24) is 0 Å². The summed E-state index contributed by atoms with van der Waals surface area (Å²) in [7, 11) is 0. The zero-order chi connectivity index (χ0) is 21.0. The van der Waals surface area contributed by atoms with Crippen LogP contribution in [0.2, 0.25) is 0 Å². The predicted octanol–water partition coefficient (Wildman–Crippen LogP) is -1.79. The number of hydrogen-bond donors (Lipinski definition) is 5. The SMILES string of the molecule is C=C(COC(=O)C(O)C(O)CO)C12OC1C1(C)C(=CC2=O)C(O)C(O)CC1C. The summed E-state index contributed by atoms with van der Waals surface area (Å²) < 4.78 is 10.7. The lowest BCUT2D eigenvalue weighted by atomic mass is 9.56. The molecule has 8 atom stereocenters. The van der Waals surface area contributed by atoms with E-state index in [-0.39, 0.29) is 11.5 Å². The van der Waals surface area contributed by atoms with Crippen LogP contribution >= 0.6 is 0 Å². The molecule has 0 aromatic rings. The van der Waals surface area contributed by atoms with Gasteiger partial charge >= 0.3 is 5.97 Å². The van der Waals surface area contributed by atoms with Gasteiger partial charge < -0.3 is 35.0 Å². The first-order valence-electron chi connectivity index (χ1n) is 9.14. The molecular weight excluding hydrogens is 372 g/mol. The van der Waals surface area contributed by atoms with E-state index in [4.69, 9.17) is 14.6 Å². The molecule has 1 heterocycles. The first-order valence-corrected chi connectivity index (χ1v) is 9.14. The number of carbonyl (C=O) groups is 2. The molecule has 5 N–H and O–H groups in total. The molecule has 0 amide bonds. The molecule has 9 nitrogen and oxygen atoms in total. The number of ether oxygens (including phenoxy) is 2. The number of aliphatic hydroxyl groups is 5. The van der Waals surface area contributed by atoms with E-state index in [2.05, 4.69) is 6.58 Å². The lowest BCUT2D eigenvalue weighted by molar-refractivity contribution is -0.160. The van der Waals surface area contributed by atoms with Crippen LogP contribution in [0.5, 0.6) is 0 Å². The smallest absolute Gasteiger partial charge is 0.338 e. The van der Waals surface area contributed by atoms with Crippen molar-refractivity contribution in [2.75, 3.05) is 13.2 Å². The number of fused-ring (bicyclic) bond motifs is 3. The van der Waals surface area contributed by atoms with Crippen LogP contribution in [0.4, 0.5) is 0 Å². The molecule has 1 aliphatic heterocycles. The Morgan fingerprint density at radius 2 is 2.07 bits per heavy atom. The molecule has 0 aromatic heterocycles. The third kappa shape index (κ3) is 2.85.